The summed E-state index contributed by atoms with van der Waals surface area (Å²) in [6.45, 7) is 1.32. The third-order valence-electron chi connectivity index (χ3n) is 5.49. The Balaban J connectivity index is 1.31. The number of nitrogens with one attached hydrogen (secondary N) is 1. The number of aromatic nitrogens is 5. The minimum atomic E-state index is -0.642. The van der Waals surface area contributed by atoms with Crippen molar-refractivity contribution in [3.63, 3.8) is 0 Å². The zero-order chi connectivity index (χ0) is 22.1. The molecular formula is C22H19N7O3. The molecule has 1 aliphatic heterocycles. The van der Waals surface area contributed by atoms with Crippen LogP contribution in [0.4, 0.5) is 0 Å². The minimum absolute atomic E-state index is 0.0791. The second-order valence-electron chi connectivity index (χ2n) is 7.35. The normalized spacial score (nSPS) is 14.0. The zero-order valence-electron chi connectivity index (χ0n) is 17.0. The lowest BCUT2D eigenvalue weighted by Crippen LogP contribution is -2.52. The first-order valence-electron chi connectivity index (χ1n) is 10.1. The van der Waals surface area contributed by atoms with Gasteiger partial charge in [0.25, 0.3) is 17.6 Å². The molecule has 0 spiro atoms. The summed E-state index contributed by atoms with van der Waals surface area (Å²) in [6.07, 6.45) is 6.13. The molecule has 4 aromatic rings. The smallest absolute Gasteiger partial charge is 0.295 e. The summed E-state index contributed by atoms with van der Waals surface area (Å²) in [6, 6.07) is 10.7. The highest BCUT2D eigenvalue weighted by Crippen LogP contribution is 2.22. The summed E-state index contributed by atoms with van der Waals surface area (Å²) >= 11 is 0. The zero-order valence-corrected chi connectivity index (χ0v) is 17.0. The second kappa shape index (κ2) is 8.06. The van der Waals surface area contributed by atoms with E-state index < -0.39 is 11.7 Å². The molecule has 1 saturated heterocycles. The average Bonchev–Trinajstić information content (AvgIpc) is 3.53. The van der Waals surface area contributed by atoms with Crippen LogP contribution in [0.1, 0.15) is 20.7 Å². The molecule has 1 N–H and O–H groups in total. The number of pyridine rings is 1. The molecule has 1 aromatic carbocycles. The van der Waals surface area contributed by atoms with E-state index in [1.165, 1.54) is 15.9 Å². The topological polar surface area (TPSA) is 117 Å². The highest BCUT2D eigenvalue weighted by atomic mass is 16.2. The van der Waals surface area contributed by atoms with E-state index in [1.54, 1.807) is 41.7 Å². The largest absolute Gasteiger partial charge is 0.357 e. The van der Waals surface area contributed by atoms with E-state index in [1.807, 2.05) is 18.2 Å². The van der Waals surface area contributed by atoms with Gasteiger partial charge in [-0.15, -0.1) is 4.80 Å². The van der Waals surface area contributed by atoms with Crippen molar-refractivity contribution in [2.75, 3.05) is 26.2 Å². The first kappa shape index (κ1) is 19.6. The van der Waals surface area contributed by atoms with Crippen LogP contribution in [0.25, 0.3) is 16.7 Å². The van der Waals surface area contributed by atoms with Gasteiger partial charge >= 0.3 is 0 Å². The maximum absolute atomic E-state index is 13.0. The number of aromatic amines is 1. The fourth-order valence-electron chi connectivity index (χ4n) is 3.83. The van der Waals surface area contributed by atoms with E-state index in [0.29, 0.717) is 48.5 Å². The van der Waals surface area contributed by atoms with Crippen molar-refractivity contribution >= 4 is 28.6 Å². The number of nitrogens with zero attached hydrogens (tertiary/aromatic N) is 6. The minimum Gasteiger partial charge on any atom is -0.357 e. The first-order chi connectivity index (χ1) is 15.6. The Bertz CT molecular complexity index is 1290. The fourth-order valence-corrected chi connectivity index (χ4v) is 3.83. The second-order valence-corrected chi connectivity index (χ2v) is 7.35. The number of H-pyrrole nitrogens is 1. The predicted molar refractivity (Wildman–Crippen MR) is 114 cm³/mol. The lowest BCUT2D eigenvalue weighted by Gasteiger charge is -2.34. The van der Waals surface area contributed by atoms with Crippen molar-refractivity contribution in [2.24, 2.45) is 0 Å². The van der Waals surface area contributed by atoms with Gasteiger partial charge in [0, 0.05) is 44.1 Å². The molecule has 4 heterocycles. The summed E-state index contributed by atoms with van der Waals surface area (Å²) < 4.78 is 0. The SMILES string of the molecule is O=C(C(=O)N1CCN(C(=O)c2ccccc2)CC1)c1c[nH]c2c(-n3nccn3)ccnc12. The summed E-state index contributed by atoms with van der Waals surface area (Å²) in [5.74, 6) is -1.33. The highest BCUT2D eigenvalue weighted by molar-refractivity contribution is 6.44. The van der Waals surface area contributed by atoms with E-state index >= 15 is 0 Å². The van der Waals surface area contributed by atoms with Crippen LogP contribution in [-0.2, 0) is 4.79 Å². The van der Waals surface area contributed by atoms with Crippen LogP contribution in [0.5, 0.6) is 0 Å². The standard InChI is InChI=1S/C22H19N7O3/c30-20(16-14-24-19-17(6-7-23-18(16)19)29-25-8-9-26-29)22(32)28-12-10-27(11-13-28)21(31)15-4-2-1-3-5-15/h1-9,14,24H,10-13H2. The number of benzene rings is 1. The Morgan fingerprint density at radius 3 is 2.25 bits per heavy atom. The van der Waals surface area contributed by atoms with E-state index in [2.05, 4.69) is 20.2 Å². The van der Waals surface area contributed by atoms with Gasteiger partial charge in [0.15, 0.2) is 0 Å². The number of hydrogen-bond donors (Lipinski definition) is 1. The van der Waals surface area contributed by atoms with Crippen LogP contribution in [-0.4, -0.2) is 78.5 Å². The summed E-state index contributed by atoms with van der Waals surface area (Å²) in [5.41, 5.74) is 2.38. The van der Waals surface area contributed by atoms with Crippen molar-refractivity contribution in [1.82, 2.24) is 34.8 Å². The van der Waals surface area contributed by atoms with Crippen LogP contribution < -0.4 is 0 Å². The molecule has 1 fully saturated rings. The van der Waals surface area contributed by atoms with Crippen LogP contribution in [0, 0.1) is 0 Å². The molecule has 0 aliphatic carbocycles. The first-order valence-corrected chi connectivity index (χ1v) is 10.1. The van der Waals surface area contributed by atoms with Gasteiger partial charge in [-0.25, -0.2) is 0 Å². The number of carbonyl (C=O) groups excluding carboxylic acids is 3. The Kier molecular flexibility index (Phi) is 4.94. The van der Waals surface area contributed by atoms with E-state index in [-0.39, 0.29) is 11.5 Å². The Morgan fingerprint density at radius 2 is 1.53 bits per heavy atom. The van der Waals surface area contributed by atoms with Crippen LogP contribution >= 0.6 is 0 Å². The number of rotatable bonds is 4. The van der Waals surface area contributed by atoms with Crippen molar-refractivity contribution in [2.45, 2.75) is 0 Å². The van der Waals surface area contributed by atoms with Gasteiger partial charge < -0.3 is 14.8 Å². The Hall–Kier alpha value is -4.34. The number of ketones is 1. The molecule has 0 saturated carbocycles. The highest BCUT2D eigenvalue weighted by Gasteiger charge is 2.30. The number of carbonyl (C=O) groups is 3. The van der Waals surface area contributed by atoms with E-state index in [0.717, 1.165) is 0 Å². The van der Waals surface area contributed by atoms with Gasteiger partial charge in [0.05, 0.1) is 23.5 Å². The monoisotopic (exact) mass is 429 g/mol. The summed E-state index contributed by atoms with van der Waals surface area (Å²) in [5, 5.41) is 8.22. The van der Waals surface area contributed by atoms with Gasteiger partial charge in [0.2, 0.25) is 0 Å². The van der Waals surface area contributed by atoms with Gasteiger partial charge in [-0.05, 0) is 18.2 Å². The maximum Gasteiger partial charge on any atom is 0.295 e. The average molecular weight is 429 g/mol. The predicted octanol–water partition coefficient (Wildman–Crippen LogP) is 1.31. The Morgan fingerprint density at radius 1 is 0.844 bits per heavy atom. The van der Waals surface area contributed by atoms with Crippen molar-refractivity contribution in [1.29, 1.82) is 0 Å². The number of piperazine rings is 1. The van der Waals surface area contributed by atoms with E-state index in [9.17, 15) is 14.4 Å². The molecule has 0 unspecified atom stereocenters. The van der Waals surface area contributed by atoms with Crippen LogP contribution in [0.15, 0.2) is 61.2 Å². The van der Waals surface area contributed by atoms with Crippen LogP contribution in [0.3, 0.4) is 0 Å². The molecule has 0 radical (unpaired) electrons. The molecule has 2 amide bonds. The molecule has 10 nitrogen and oxygen atoms in total. The molecule has 160 valence electrons. The molecule has 0 bridgehead atoms. The quantitative estimate of drug-likeness (QED) is 0.386. The number of Topliss-reactive ketones (excluding diaryl/α,β-unsaturated/α-hetero) is 1. The lowest BCUT2D eigenvalue weighted by atomic mass is 10.1. The third kappa shape index (κ3) is 3.41. The fraction of sp³-hybridized carbons (Fsp3) is 0.182. The summed E-state index contributed by atoms with van der Waals surface area (Å²) in [4.78, 5) is 50.4. The molecule has 32 heavy (non-hydrogen) atoms. The van der Waals surface area contributed by atoms with Crippen molar-refractivity contribution in [3.8, 4) is 5.69 Å². The molecule has 10 heteroatoms. The molecule has 0 atom stereocenters. The van der Waals surface area contributed by atoms with Gasteiger partial charge in [-0.3, -0.25) is 19.4 Å². The molecule has 1 aliphatic rings. The number of hydrogen-bond acceptors (Lipinski definition) is 6. The Labute approximate surface area is 182 Å². The van der Waals surface area contributed by atoms with Gasteiger partial charge in [0.1, 0.15) is 11.2 Å². The van der Waals surface area contributed by atoms with Gasteiger partial charge in [-0.1, -0.05) is 18.2 Å². The van der Waals surface area contributed by atoms with Gasteiger partial charge in [-0.2, -0.15) is 10.2 Å². The number of amides is 2. The maximum atomic E-state index is 13.0. The van der Waals surface area contributed by atoms with E-state index in [4.69, 9.17) is 0 Å². The molecule has 3 aromatic heterocycles. The molecular weight excluding hydrogens is 410 g/mol. The van der Waals surface area contributed by atoms with Crippen molar-refractivity contribution in [3.05, 3.63) is 72.3 Å². The lowest BCUT2D eigenvalue weighted by molar-refractivity contribution is -0.127. The van der Waals surface area contributed by atoms with Crippen LogP contribution in [0.2, 0.25) is 0 Å². The summed E-state index contributed by atoms with van der Waals surface area (Å²) in [7, 11) is 0. The van der Waals surface area contributed by atoms with Crippen molar-refractivity contribution < 1.29 is 14.4 Å². The third-order valence-corrected chi connectivity index (χ3v) is 5.49. The number of fused-ring (bicyclic) bond motifs is 1. The molecule has 5 rings (SSSR count).